The number of nitrogens with zero attached hydrogens (tertiary/aromatic N) is 3. The SMILES string of the molecule is Cc1ccc2nc(-c3ccc(Cl)c(Cl)c3)c(CN(C)Cc3ccccc3)n2c1. The van der Waals surface area contributed by atoms with Crippen molar-refractivity contribution < 1.29 is 0 Å². The Morgan fingerprint density at radius 2 is 1.71 bits per heavy atom. The van der Waals surface area contributed by atoms with Gasteiger partial charge in [-0.2, -0.15) is 0 Å². The summed E-state index contributed by atoms with van der Waals surface area (Å²) in [5, 5.41) is 1.09. The maximum Gasteiger partial charge on any atom is 0.137 e. The lowest BCUT2D eigenvalue weighted by Gasteiger charge is -2.18. The molecule has 0 saturated heterocycles. The Kier molecular flexibility index (Phi) is 5.40. The summed E-state index contributed by atoms with van der Waals surface area (Å²) in [6, 6.07) is 20.3. The van der Waals surface area contributed by atoms with Crippen molar-refractivity contribution in [3.63, 3.8) is 0 Å². The highest BCUT2D eigenvalue weighted by atomic mass is 35.5. The lowest BCUT2D eigenvalue weighted by molar-refractivity contribution is 0.314. The Bertz CT molecular complexity index is 1120. The van der Waals surface area contributed by atoms with Crippen LogP contribution in [0.4, 0.5) is 0 Å². The minimum absolute atomic E-state index is 0.538. The van der Waals surface area contributed by atoms with E-state index in [0.717, 1.165) is 35.7 Å². The molecule has 0 aliphatic rings. The lowest BCUT2D eigenvalue weighted by Crippen LogP contribution is -2.18. The van der Waals surface area contributed by atoms with Crippen LogP contribution in [-0.2, 0) is 13.1 Å². The van der Waals surface area contributed by atoms with Crippen molar-refractivity contribution in [2.45, 2.75) is 20.0 Å². The van der Waals surface area contributed by atoms with Crippen LogP contribution in [0.15, 0.2) is 66.9 Å². The summed E-state index contributed by atoms with van der Waals surface area (Å²) in [5.41, 5.74) is 6.44. The molecule has 2 aromatic heterocycles. The average Bonchev–Trinajstić information content (AvgIpc) is 3.02. The molecule has 4 rings (SSSR count). The molecule has 4 aromatic rings. The van der Waals surface area contributed by atoms with Crippen molar-refractivity contribution >= 4 is 28.8 Å². The van der Waals surface area contributed by atoms with Crippen LogP contribution in [0.3, 0.4) is 0 Å². The Morgan fingerprint density at radius 1 is 0.929 bits per heavy atom. The fraction of sp³-hybridized carbons (Fsp3) is 0.174. The first kappa shape index (κ1) is 19.0. The number of imidazole rings is 1. The largest absolute Gasteiger partial charge is 0.302 e. The fourth-order valence-electron chi connectivity index (χ4n) is 3.43. The van der Waals surface area contributed by atoms with Crippen LogP contribution in [0.2, 0.25) is 10.0 Å². The molecule has 0 aliphatic carbocycles. The topological polar surface area (TPSA) is 20.5 Å². The summed E-state index contributed by atoms with van der Waals surface area (Å²) < 4.78 is 2.18. The third-order valence-corrected chi connectivity index (χ3v) is 5.51. The van der Waals surface area contributed by atoms with Crippen LogP contribution in [0.1, 0.15) is 16.8 Å². The number of rotatable bonds is 5. The summed E-state index contributed by atoms with van der Waals surface area (Å²) in [6.07, 6.45) is 2.13. The van der Waals surface area contributed by atoms with E-state index in [1.165, 1.54) is 11.1 Å². The number of hydrogen-bond acceptors (Lipinski definition) is 2. The van der Waals surface area contributed by atoms with Gasteiger partial charge in [-0.25, -0.2) is 4.98 Å². The molecular weight excluding hydrogens is 389 g/mol. The molecule has 28 heavy (non-hydrogen) atoms. The number of halogens is 2. The molecule has 5 heteroatoms. The second kappa shape index (κ2) is 7.96. The monoisotopic (exact) mass is 409 g/mol. The summed E-state index contributed by atoms with van der Waals surface area (Å²) in [6.45, 7) is 3.71. The van der Waals surface area contributed by atoms with Gasteiger partial charge in [0.1, 0.15) is 5.65 Å². The first-order valence-corrected chi connectivity index (χ1v) is 9.92. The Balaban J connectivity index is 1.76. The zero-order chi connectivity index (χ0) is 19.7. The lowest BCUT2D eigenvalue weighted by atomic mass is 10.1. The van der Waals surface area contributed by atoms with E-state index in [9.17, 15) is 0 Å². The third-order valence-electron chi connectivity index (χ3n) is 4.77. The Labute approximate surface area is 175 Å². The van der Waals surface area contributed by atoms with Crippen LogP contribution in [0, 0.1) is 6.92 Å². The van der Waals surface area contributed by atoms with Gasteiger partial charge < -0.3 is 4.40 Å². The average molecular weight is 410 g/mol. The molecule has 142 valence electrons. The molecule has 0 fully saturated rings. The zero-order valence-electron chi connectivity index (χ0n) is 15.9. The molecule has 2 aromatic carbocycles. The van der Waals surface area contributed by atoms with Crippen LogP contribution in [0.5, 0.6) is 0 Å². The van der Waals surface area contributed by atoms with Gasteiger partial charge in [0, 0.05) is 24.8 Å². The van der Waals surface area contributed by atoms with Gasteiger partial charge in [0.2, 0.25) is 0 Å². The summed E-state index contributed by atoms with van der Waals surface area (Å²) >= 11 is 12.4. The maximum atomic E-state index is 6.28. The van der Waals surface area contributed by atoms with Gasteiger partial charge in [-0.1, -0.05) is 65.7 Å². The highest BCUT2D eigenvalue weighted by Crippen LogP contribution is 2.31. The van der Waals surface area contributed by atoms with Crippen molar-refractivity contribution in [3.8, 4) is 11.3 Å². The molecule has 0 aliphatic heterocycles. The molecule has 0 radical (unpaired) electrons. The second-order valence-corrected chi connectivity index (χ2v) is 7.94. The first-order valence-electron chi connectivity index (χ1n) is 9.17. The number of hydrogen-bond donors (Lipinski definition) is 0. The molecule has 0 amide bonds. The van der Waals surface area contributed by atoms with Crippen LogP contribution < -0.4 is 0 Å². The van der Waals surface area contributed by atoms with Gasteiger partial charge in [-0.3, -0.25) is 4.90 Å². The zero-order valence-corrected chi connectivity index (χ0v) is 17.4. The van der Waals surface area contributed by atoms with Crippen LogP contribution >= 0.6 is 23.2 Å². The standard InChI is InChI=1S/C23H21Cl2N3/c1-16-8-11-22-26-23(18-9-10-19(24)20(25)12-18)21(28(22)13-16)15-27(2)14-17-6-4-3-5-7-17/h3-13H,14-15H2,1-2H3. The first-order chi connectivity index (χ1) is 13.5. The van der Waals surface area contributed by atoms with Crippen LogP contribution in [0.25, 0.3) is 16.9 Å². The molecule has 2 heterocycles. The number of aryl methyl sites for hydroxylation is 1. The predicted octanol–water partition coefficient (Wildman–Crippen LogP) is 6.25. The van der Waals surface area contributed by atoms with Gasteiger partial charge >= 0.3 is 0 Å². The fourth-order valence-corrected chi connectivity index (χ4v) is 3.73. The van der Waals surface area contributed by atoms with Crippen molar-refractivity contribution in [1.29, 1.82) is 0 Å². The van der Waals surface area contributed by atoms with Crippen molar-refractivity contribution in [2.75, 3.05) is 7.05 Å². The van der Waals surface area contributed by atoms with Gasteiger partial charge in [0.15, 0.2) is 0 Å². The van der Waals surface area contributed by atoms with E-state index in [4.69, 9.17) is 28.2 Å². The summed E-state index contributed by atoms with van der Waals surface area (Å²) in [5.74, 6) is 0. The van der Waals surface area contributed by atoms with E-state index in [0.29, 0.717) is 10.0 Å². The molecule has 0 unspecified atom stereocenters. The van der Waals surface area contributed by atoms with E-state index in [1.807, 2.05) is 24.3 Å². The van der Waals surface area contributed by atoms with Gasteiger partial charge in [-0.15, -0.1) is 0 Å². The molecule has 0 spiro atoms. The van der Waals surface area contributed by atoms with Crippen molar-refractivity contribution in [3.05, 3.63) is 93.7 Å². The minimum atomic E-state index is 0.538. The minimum Gasteiger partial charge on any atom is -0.302 e. The van der Waals surface area contributed by atoms with E-state index >= 15 is 0 Å². The Hall–Kier alpha value is -2.33. The van der Waals surface area contributed by atoms with Gasteiger partial charge in [-0.05, 0) is 43.3 Å². The Morgan fingerprint density at radius 3 is 2.46 bits per heavy atom. The number of aromatic nitrogens is 2. The van der Waals surface area contributed by atoms with Gasteiger partial charge in [0.05, 0.1) is 21.4 Å². The van der Waals surface area contributed by atoms with Gasteiger partial charge in [0.25, 0.3) is 0 Å². The normalized spacial score (nSPS) is 11.5. The van der Waals surface area contributed by atoms with Crippen LogP contribution in [-0.4, -0.2) is 21.3 Å². The van der Waals surface area contributed by atoms with E-state index in [2.05, 4.69) is 65.9 Å². The van der Waals surface area contributed by atoms with Crippen molar-refractivity contribution in [2.24, 2.45) is 0 Å². The second-order valence-electron chi connectivity index (χ2n) is 7.13. The molecule has 0 saturated carbocycles. The van der Waals surface area contributed by atoms with E-state index in [-0.39, 0.29) is 0 Å². The molecule has 0 bridgehead atoms. The molecule has 3 nitrogen and oxygen atoms in total. The molecular formula is C23H21Cl2N3. The smallest absolute Gasteiger partial charge is 0.137 e. The van der Waals surface area contributed by atoms with E-state index in [1.54, 1.807) is 0 Å². The third kappa shape index (κ3) is 3.93. The highest BCUT2D eigenvalue weighted by Gasteiger charge is 2.17. The number of fused-ring (bicyclic) bond motifs is 1. The number of pyridine rings is 1. The molecule has 0 N–H and O–H groups in total. The molecule has 0 atom stereocenters. The number of benzene rings is 2. The maximum absolute atomic E-state index is 6.28. The van der Waals surface area contributed by atoms with Crippen molar-refractivity contribution in [1.82, 2.24) is 14.3 Å². The summed E-state index contributed by atoms with van der Waals surface area (Å²) in [4.78, 5) is 7.18. The van der Waals surface area contributed by atoms with E-state index < -0.39 is 0 Å². The summed E-state index contributed by atoms with van der Waals surface area (Å²) in [7, 11) is 2.13. The highest BCUT2D eigenvalue weighted by molar-refractivity contribution is 6.42. The quantitative estimate of drug-likeness (QED) is 0.388. The predicted molar refractivity (Wildman–Crippen MR) is 117 cm³/mol.